The van der Waals surface area contributed by atoms with Crippen LogP contribution in [0, 0.1) is 0 Å². The second-order valence-corrected chi connectivity index (χ2v) is 6.66. The van der Waals surface area contributed by atoms with Crippen molar-refractivity contribution in [1.29, 1.82) is 0 Å². The first-order valence-electron chi connectivity index (χ1n) is 9.08. The van der Waals surface area contributed by atoms with Gasteiger partial charge in [-0.05, 0) is 43.4 Å². The maximum absolute atomic E-state index is 13.0. The normalized spacial score (nSPS) is 21.8. The number of ether oxygens (including phenoxy) is 2. The Morgan fingerprint density at radius 2 is 2.08 bits per heavy atom. The van der Waals surface area contributed by atoms with E-state index in [0.717, 1.165) is 31.4 Å². The van der Waals surface area contributed by atoms with Crippen molar-refractivity contribution < 1.29 is 19.1 Å². The fourth-order valence-corrected chi connectivity index (χ4v) is 3.46. The third-order valence-corrected chi connectivity index (χ3v) is 5.01. The van der Waals surface area contributed by atoms with Crippen LogP contribution in [0.15, 0.2) is 41.1 Å². The average molecular weight is 355 g/mol. The predicted octanol–water partition coefficient (Wildman–Crippen LogP) is 3.10. The number of carbonyl (C=O) groups is 2. The van der Waals surface area contributed by atoms with Crippen LogP contribution in [0.25, 0.3) is 6.08 Å². The van der Waals surface area contributed by atoms with E-state index in [9.17, 15) is 9.59 Å². The van der Waals surface area contributed by atoms with Gasteiger partial charge in [-0.15, -0.1) is 0 Å². The lowest BCUT2D eigenvalue weighted by molar-refractivity contribution is -0.136. The van der Waals surface area contributed by atoms with Gasteiger partial charge < -0.3 is 14.4 Å². The Kier molecular flexibility index (Phi) is 5.57. The number of nitrogens with zero attached hydrogens (tertiary/aromatic N) is 1. The summed E-state index contributed by atoms with van der Waals surface area (Å²) < 4.78 is 10.6. The van der Waals surface area contributed by atoms with Crippen molar-refractivity contribution in [2.75, 3.05) is 20.3 Å². The van der Waals surface area contributed by atoms with E-state index in [1.807, 2.05) is 24.3 Å². The molecule has 1 saturated heterocycles. The lowest BCUT2D eigenvalue weighted by Crippen LogP contribution is -2.33. The molecule has 5 heteroatoms. The van der Waals surface area contributed by atoms with Gasteiger partial charge in [0.1, 0.15) is 0 Å². The zero-order chi connectivity index (χ0) is 18.7. The van der Waals surface area contributed by atoms with Crippen LogP contribution in [0.4, 0.5) is 0 Å². The Morgan fingerprint density at radius 3 is 2.65 bits per heavy atom. The van der Waals surface area contributed by atoms with Gasteiger partial charge in [0.2, 0.25) is 0 Å². The Hall–Kier alpha value is -2.40. The molecule has 0 aromatic heterocycles. The van der Waals surface area contributed by atoms with Crippen LogP contribution >= 0.6 is 0 Å². The molecule has 1 unspecified atom stereocenters. The van der Waals surface area contributed by atoms with E-state index in [2.05, 4.69) is 6.92 Å². The van der Waals surface area contributed by atoms with Crippen LogP contribution in [-0.4, -0.2) is 43.1 Å². The summed E-state index contributed by atoms with van der Waals surface area (Å²) in [5.74, 6) is -0.653. The van der Waals surface area contributed by atoms with E-state index in [4.69, 9.17) is 9.47 Å². The van der Waals surface area contributed by atoms with Gasteiger partial charge >= 0.3 is 5.97 Å². The average Bonchev–Trinajstić information content (AvgIpc) is 3.25. The van der Waals surface area contributed by atoms with Crippen molar-refractivity contribution in [2.24, 2.45) is 0 Å². The Morgan fingerprint density at radius 1 is 1.35 bits per heavy atom. The van der Waals surface area contributed by atoms with Gasteiger partial charge in [0.15, 0.2) is 0 Å². The van der Waals surface area contributed by atoms with Gasteiger partial charge in [-0.25, -0.2) is 4.79 Å². The van der Waals surface area contributed by atoms with E-state index < -0.39 is 5.97 Å². The number of amides is 1. The predicted molar refractivity (Wildman–Crippen MR) is 99.2 cm³/mol. The number of hydrogen-bond donors (Lipinski definition) is 0. The molecule has 26 heavy (non-hydrogen) atoms. The summed E-state index contributed by atoms with van der Waals surface area (Å²) in [6.07, 6.45) is 4.69. The van der Waals surface area contributed by atoms with Crippen molar-refractivity contribution >= 4 is 18.0 Å². The van der Waals surface area contributed by atoms with Gasteiger partial charge in [0, 0.05) is 12.3 Å². The van der Waals surface area contributed by atoms with E-state index in [1.165, 1.54) is 12.7 Å². The van der Waals surface area contributed by atoms with Crippen LogP contribution in [0.5, 0.6) is 0 Å². The van der Waals surface area contributed by atoms with E-state index in [-0.39, 0.29) is 12.0 Å². The summed E-state index contributed by atoms with van der Waals surface area (Å²) in [5.41, 5.74) is 3.48. The summed E-state index contributed by atoms with van der Waals surface area (Å²) >= 11 is 0. The van der Waals surface area contributed by atoms with Gasteiger partial charge in [0.05, 0.1) is 30.9 Å². The second kappa shape index (κ2) is 7.87. The Bertz CT molecular complexity index is 755. The molecule has 2 aliphatic heterocycles. The first-order chi connectivity index (χ1) is 12.5. The lowest BCUT2D eigenvalue weighted by atomic mass is 10.0. The standard InChI is InChI=1S/C21H25NO4/c1-4-15-7-9-16(10-8-15)12-18-19(21(24)25-3)14(2)22(20(18)23)13-17-6-5-11-26-17/h7-10,12,17H,4-6,11,13H2,1-3H3/b18-12-. The number of methoxy groups -OCH3 is 1. The molecule has 1 amide bonds. The molecule has 0 saturated carbocycles. The molecule has 0 spiro atoms. The molecule has 1 atom stereocenters. The first kappa shape index (κ1) is 18.4. The fraction of sp³-hybridized carbons (Fsp3) is 0.429. The minimum Gasteiger partial charge on any atom is -0.465 e. The highest BCUT2D eigenvalue weighted by Gasteiger charge is 2.38. The van der Waals surface area contributed by atoms with Gasteiger partial charge in [-0.2, -0.15) is 0 Å². The van der Waals surface area contributed by atoms with Crippen LogP contribution in [0.3, 0.4) is 0 Å². The molecule has 2 aliphatic rings. The summed E-state index contributed by atoms with van der Waals surface area (Å²) in [5, 5.41) is 0. The van der Waals surface area contributed by atoms with Crippen molar-refractivity contribution in [1.82, 2.24) is 4.90 Å². The molecular formula is C21H25NO4. The van der Waals surface area contributed by atoms with Gasteiger partial charge in [0.25, 0.3) is 5.91 Å². The number of rotatable bonds is 5. The van der Waals surface area contributed by atoms with E-state index in [0.29, 0.717) is 23.4 Å². The molecule has 3 rings (SSSR count). The Balaban J connectivity index is 1.94. The van der Waals surface area contributed by atoms with Crippen molar-refractivity contribution in [3.05, 3.63) is 52.2 Å². The number of aryl methyl sites for hydroxylation is 1. The summed E-state index contributed by atoms with van der Waals surface area (Å²) in [4.78, 5) is 27.0. The molecule has 138 valence electrons. The topological polar surface area (TPSA) is 55.8 Å². The van der Waals surface area contributed by atoms with E-state index in [1.54, 1.807) is 17.9 Å². The molecule has 0 bridgehead atoms. The maximum Gasteiger partial charge on any atom is 0.340 e. The minimum absolute atomic E-state index is 0.0241. The van der Waals surface area contributed by atoms with Crippen LogP contribution in [-0.2, 0) is 25.5 Å². The number of allylic oxidation sites excluding steroid dienone is 1. The largest absolute Gasteiger partial charge is 0.465 e. The molecule has 1 fully saturated rings. The van der Waals surface area contributed by atoms with Crippen LogP contribution < -0.4 is 0 Å². The summed E-state index contributed by atoms with van der Waals surface area (Å²) in [6, 6.07) is 7.99. The second-order valence-electron chi connectivity index (χ2n) is 6.66. The maximum atomic E-state index is 13.0. The monoisotopic (exact) mass is 355 g/mol. The minimum atomic E-state index is -0.484. The van der Waals surface area contributed by atoms with Gasteiger partial charge in [-0.3, -0.25) is 4.79 Å². The van der Waals surface area contributed by atoms with Crippen molar-refractivity contribution in [3.63, 3.8) is 0 Å². The third kappa shape index (κ3) is 3.58. The zero-order valence-electron chi connectivity index (χ0n) is 15.6. The number of esters is 1. The quantitative estimate of drug-likeness (QED) is 0.602. The van der Waals surface area contributed by atoms with E-state index >= 15 is 0 Å². The zero-order valence-corrected chi connectivity index (χ0v) is 15.6. The molecule has 0 N–H and O–H groups in total. The molecule has 1 aromatic carbocycles. The number of benzene rings is 1. The third-order valence-electron chi connectivity index (χ3n) is 5.01. The summed E-state index contributed by atoms with van der Waals surface area (Å²) in [6.45, 7) is 5.08. The highest BCUT2D eigenvalue weighted by atomic mass is 16.5. The lowest BCUT2D eigenvalue weighted by Gasteiger charge is -2.21. The van der Waals surface area contributed by atoms with Crippen LogP contribution in [0.1, 0.15) is 37.8 Å². The molecule has 2 heterocycles. The molecular weight excluding hydrogens is 330 g/mol. The summed E-state index contributed by atoms with van der Waals surface area (Å²) in [7, 11) is 1.34. The first-order valence-corrected chi connectivity index (χ1v) is 9.08. The van der Waals surface area contributed by atoms with Crippen molar-refractivity contribution in [3.8, 4) is 0 Å². The highest BCUT2D eigenvalue weighted by molar-refractivity contribution is 6.16. The van der Waals surface area contributed by atoms with Gasteiger partial charge in [-0.1, -0.05) is 31.2 Å². The van der Waals surface area contributed by atoms with Crippen LogP contribution in [0.2, 0.25) is 0 Å². The molecule has 0 radical (unpaired) electrons. The SMILES string of the molecule is CCc1ccc(/C=C2\C(=O)N(CC3CCCO3)C(C)=C2C(=O)OC)cc1. The number of hydrogen-bond acceptors (Lipinski definition) is 4. The molecule has 0 aliphatic carbocycles. The Labute approximate surface area is 154 Å². The smallest absolute Gasteiger partial charge is 0.340 e. The van der Waals surface area contributed by atoms with Crippen molar-refractivity contribution in [2.45, 2.75) is 39.2 Å². The number of carbonyl (C=O) groups excluding carboxylic acids is 2. The fourth-order valence-electron chi connectivity index (χ4n) is 3.46. The molecule has 5 nitrogen and oxygen atoms in total. The molecule has 1 aromatic rings. The highest BCUT2D eigenvalue weighted by Crippen LogP contribution is 2.32.